The van der Waals surface area contributed by atoms with E-state index in [1.165, 1.54) is 15.2 Å². The number of rotatable bonds is 5. The van der Waals surface area contributed by atoms with Crippen molar-refractivity contribution in [2.24, 2.45) is 7.05 Å². The quantitative estimate of drug-likeness (QED) is 0.431. The number of H-pyrrole nitrogens is 1. The van der Waals surface area contributed by atoms with Crippen LogP contribution in [0.5, 0.6) is 5.75 Å². The molecule has 5 rings (SSSR count). The molecule has 0 unspecified atom stereocenters. The predicted molar refractivity (Wildman–Crippen MR) is 120 cm³/mol. The van der Waals surface area contributed by atoms with E-state index < -0.39 is 11.5 Å². The number of ether oxygens (including phenoxy) is 1. The second kappa shape index (κ2) is 7.45. The fraction of sp³-hybridized carbons (Fsp3) is 0.130. The van der Waals surface area contributed by atoms with Gasteiger partial charge in [0.25, 0.3) is 0 Å². The van der Waals surface area contributed by atoms with Gasteiger partial charge in [0.1, 0.15) is 5.75 Å². The molecule has 32 heavy (non-hydrogen) atoms. The summed E-state index contributed by atoms with van der Waals surface area (Å²) >= 11 is 0. The van der Waals surface area contributed by atoms with E-state index in [-0.39, 0.29) is 5.82 Å². The minimum atomic E-state index is -0.590. The third-order valence-corrected chi connectivity index (χ3v) is 5.48. The Hall–Kier alpha value is -4.27. The van der Waals surface area contributed by atoms with E-state index in [1.807, 2.05) is 6.07 Å². The summed E-state index contributed by atoms with van der Waals surface area (Å²) in [5.41, 5.74) is 3.50. The molecular weight excluding hydrogens is 411 g/mol. The smallest absolute Gasteiger partial charge is 0.334 e. The van der Waals surface area contributed by atoms with Crippen molar-refractivity contribution in [1.29, 1.82) is 0 Å². The number of fused-ring (bicyclic) bond motifs is 3. The van der Waals surface area contributed by atoms with Crippen molar-refractivity contribution in [3.05, 3.63) is 77.5 Å². The predicted octanol–water partition coefficient (Wildman–Crippen LogP) is 3.54. The Balaban J connectivity index is 1.88. The van der Waals surface area contributed by atoms with Crippen LogP contribution in [0, 0.1) is 5.82 Å². The van der Waals surface area contributed by atoms with Crippen LogP contribution in [0.25, 0.3) is 38.9 Å². The lowest BCUT2D eigenvalue weighted by atomic mass is 10.0. The second-order valence-electron chi connectivity index (χ2n) is 7.37. The molecule has 160 valence electrons. The number of hydrogen-bond acceptors (Lipinski definition) is 5. The molecule has 5 aromatic rings. The van der Waals surface area contributed by atoms with Gasteiger partial charge < -0.3 is 4.74 Å². The van der Waals surface area contributed by atoms with E-state index >= 15 is 4.39 Å². The molecule has 4 aromatic heterocycles. The number of benzene rings is 1. The van der Waals surface area contributed by atoms with Crippen LogP contribution in [0.4, 0.5) is 4.39 Å². The molecule has 0 bridgehead atoms. The molecule has 4 heterocycles. The number of allylic oxidation sites excluding steroid dienone is 1. The Morgan fingerprint density at radius 3 is 2.75 bits per heavy atom. The molecule has 0 aliphatic carbocycles. The standard InChI is InChI=1S/C23H19FN6O2/c1-4-5-13-6-17(24)22(26-9-13)30-21-16-7-15(14-10-27-28-11-14)20(32-3)8-18(16)25-12-19(21)29(2)23(30)31/h4,6-12H,1,5H2,2-3H3,(H,27,28). The van der Waals surface area contributed by atoms with Crippen molar-refractivity contribution in [1.82, 2.24) is 29.3 Å². The zero-order valence-corrected chi connectivity index (χ0v) is 17.5. The monoisotopic (exact) mass is 430 g/mol. The molecule has 8 nitrogen and oxygen atoms in total. The lowest BCUT2D eigenvalue weighted by Gasteiger charge is -2.11. The Morgan fingerprint density at radius 2 is 2.06 bits per heavy atom. The summed E-state index contributed by atoms with van der Waals surface area (Å²) in [5.74, 6) is -0.0530. The number of aryl methyl sites for hydroxylation is 1. The fourth-order valence-electron chi connectivity index (χ4n) is 3.93. The SMILES string of the molecule is C=CCc1cnc(-n2c(=O)n(C)c3cnc4cc(OC)c(-c5cn[nH]c5)cc4c32)c(F)c1. The summed E-state index contributed by atoms with van der Waals surface area (Å²) in [6, 6.07) is 5.03. The maximum Gasteiger partial charge on any atom is 0.334 e. The highest BCUT2D eigenvalue weighted by Crippen LogP contribution is 2.36. The van der Waals surface area contributed by atoms with E-state index in [9.17, 15) is 4.79 Å². The van der Waals surface area contributed by atoms with E-state index in [2.05, 4.69) is 26.7 Å². The normalized spacial score (nSPS) is 11.3. The van der Waals surface area contributed by atoms with E-state index in [4.69, 9.17) is 4.74 Å². The van der Waals surface area contributed by atoms with Gasteiger partial charge >= 0.3 is 5.69 Å². The fourth-order valence-corrected chi connectivity index (χ4v) is 3.93. The summed E-state index contributed by atoms with van der Waals surface area (Å²) in [5, 5.41) is 7.46. The maximum atomic E-state index is 15.1. The van der Waals surface area contributed by atoms with Crippen molar-refractivity contribution in [2.75, 3.05) is 7.11 Å². The molecule has 0 saturated carbocycles. The molecular formula is C23H19FN6O2. The van der Waals surface area contributed by atoms with Gasteiger partial charge in [-0.1, -0.05) is 6.08 Å². The van der Waals surface area contributed by atoms with Crippen LogP contribution in [0.15, 0.2) is 60.4 Å². The van der Waals surface area contributed by atoms with Gasteiger partial charge in [0.05, 0.1) is 36.1 Å². The topological polar surface area (TPSA) is 90.6 Å². The van der Waals surface area contributed by atoms with E-state index in [0.717, 1.165) is 11.1 Å². The van der Waals surface area contributed by atoms with Crippen LogP contribution in [0.2, 0.25) is 0 Å². The first-order valence-corrected chi connectivity index (χ1v) is 9.86. The molecule has 0 aliphatic rings. The first-order chi connectivity index (χ1) is 15.5. The third kappa shape index (κ3) is 2.89. The lowest BCUT2D eigenvalue weighted by Crippen LogP contribution is -2.22. The Morgan fingerprint density at radius 1 is 1.22 bits per heavy atom. The van der Waals surface area contributed by atoms with Crippen LogP contribution < -0.4 is 10.4 Å². The number of hydrogen-bond donors (Lipinski definition) is 1. The Labute approximate surface area is 181 Å². The van der Waals surface area contributed by atoms with Crippen molar-refractivity contribution in [3.8, 4) is 22.7 Å². The van der Waals surface area contributed by atoms with Crippen molar-refractivity contribution in [3.63, 3.8) is 0 Å². The summed E-state index contributed by atoms with van der Waals surface area (Å²) < 4.78 is 23.4. The minimum absolute atomic E-state index is 0.0680. The van der Waals surface area contributed by atoms with Crippen molar-refractivity contribution in [2.45, 2.75) is 6.42 Å². The number of nitrogens with zero attached hydrogens (tertiary/aromatic N) is 5. The summed E-state index contributed by atoms with van der Waals surface area (Å²) in [6.07, 6.45) is 8.72. The highest BCUT2D eigenvalue weighted by Gasteiger charge is 2.21. The first-order valence-electron chi connectivity index (χ1n) is 9.86. The highest BCUT2D eigenvalue weighted by molar-refractivity contribution is 6.05. The molecule has 0 saturated heterocycles. The second-order valence-corrected chi connectivity index (χ2v) is 7.37. The molecule has 0 spiro atoms. The summed E-state index contributed by atoms with van der Waals surface area (Å²) in [7, 11) is 3.20. The van der Waals surface area contributed by atoms with Gasteiger partial charge in [0.2, 0.25) is 0 Å². The summed E-state index contributed by atoms with van der Waals surface area (Å²) in [4.78, 5) is 21.9. The van der Waals surface area contributed by atoms with Gasteiger partial charge in [0, 0.05) is 42.0 Å². The van der Waals surface area contributed by atoms with Crippen LogP contribution >= 0.6 is 0 Å². The highest BCUT2D eigenvalue weighted by atomic mass is 19.1. The average molecular weight is 430 g/mol. The molecule has 0 aliphatic heterocycles. The molecule has 0 amide bonds. The van der Waals surface area contributed by atoms with Gasteiger partial charge in [-0.25, -0.2) is 18.7 Å². The number of nitrogens with one attached hydrogen (secondary N) is 1. The zero-order chi connectivity index (χ0) is 22.4. The molecule has 0 radical (unpaired) electrons. The molecule has 1 aromatic carbocycles. The third-order valence-electron chi connectivity index (χ3n) is 5.48. The number of halogens is 1. The maximum absolute atomic E-state index is 15.1. The van der Waals surface area contributed by atoms with Crippen molar-refractivity contribution >= 4 is 21.9 Å². The van der Waals surface area contributed by atoms with Crippen LogP contribution in [-0.4, -0.2) is 36.4 Å². The van der Waals surface area contributed by atoms with Crippen LogP contribution in [-0.2, 0) is 13.5 Å². The Bertz CT molecular complexity index is 1550. The molecule has 0 fully saturated rings. The van der Waals surface area contributed by atoms with Crippen LogP contribution in [0.1, 0.15) is 5.56 Å². The van der Waals surface area contributed by atoms with Crippen molar-refractivity contribution < 1.29 is 9.13 Å². The number of pyridine rings is 2. The Kier molecular flexibility index (Phi) is 4.58. The molecule has 9 heteroatoms. The van der Waals surface area contributed by atoms with E-state index in [0.29, 0.717) is 39.7 Å². The molecule has 0 atom stereocenters. The van der Waals surface area contributed by atoms with Gasteiger partial charge in [-0.05, 0) is 24.1 Å². The summed E-state index contributed by atoms with van der Waals surface area (Å²) in [6.45, 7) is 3.67. The largest absolute Gasteiger partial charge is 0.496 e. The average Bonchev–Trinajstić information content (AvgIpc) is 3.41. The lowest BCUT2D eigenvalue weighted by molar-refractivity contribution is 0.417. The first kappa shape index (κ1) is 19.7. The molecule has 1 N–H and O–H groups in total. The number of imidazole rings is 1. The number of aromatic nitrogens is 6. The van der Waals surface area contributed by atoms with Gasteiger partial charge in [-0.2, -0.15) is 5.10 Å². The minimum Gasteiger partial charge on any atom is -0.496 e. The zero-order valence-electron chi connectivity index (χ0n) is 17.5. The number of aromatic amines is 1. The van der Waals surface area contributed by atoms with Gasteiger partial charge in [-0.3, -0.25) is 14.6 Å². The van der Waals surface area contributed by atoms with Crippen LogP contribution in [0.3, 0.4) is 0 Å². The van der Waals surface area contributed by atoms with Gasteiger partial charge in [0.15, 0.2) is 11.6 Å². The van der Waals surface area contributed by atoms with E-state index in [1.54, 1.807) is 51.1 Å². The van der Waals surface area contributed by atoms with Gasteiger partial charge in [-0.15, -0.1) is 6.58 Å². The number of methoxy groups -OCH3 is 1.